The molecule has 1 aliphatic carbocycles. The largest absolute Gasteiger partial charge is 0.337 e. The minimum atomic E-state index is -0.457. The normalized spacial score (nSPS) is 14.4. The molecule has 0 aliphatic heterocycles. The highest BCUT2D eigenvalue weighted by Crippen LogP contribution is 2.28. The molecular weight excluding hydrogens is 396 g/mol. The zero-order valence-corrected chi connectivity index (χ0v) is 17.4. The van der Waals surface area contributed by atoms with Crippen LogP contribution in [-0.2, 0) is 6.54 Å². The maximum atomic E-state index is 13.5. The second kappa shape index (κ2) is 9.07. The average Bonchev–Trinajstić information content (AvgIpc) is 3.27. The van der Waals surface area contributed by atoms with Crippen molar-refractivity contribution in [3.05, 3.63) is 75.7 Å². The summed E-state index contributed by atoms with van der Waals surface area (Å²) in [5, 5.41) is 15.4. The van der Waals surface area contributed by atoms with Crippen molar-refractivity contribution in [1.29, 1.82) is 0 Å². The van der Waals surface area contributed by atoms with E-state index >= 15 is 0 Å². The first-order valence-electron chi connectivity index (χ1n) is 10.5. The van der Waals surface area contributed by atoms with E-state index in [-0.39, 0.29) is 24.2 Å². The molecular formula is C23H24N4O4. The highest BCUT2D eigenvalue weighted by molar-refractivity contribution is 5.96. The SMILES string of the molecule is Cc1c(C(=O)N(Cc2nc(-c3ccccc3)no2)C2CCCCC2)cccc1[N+](=O)[O-]. The van der Waals surface area contributed by atoms with Crippen LogP contribution in [-0.4, -0.2) is 31.9 Å². The van der Waals surface area contributed by atoms with Crippen LogP contribution in [0.4, 0.5) is 5.69 Å². The molecule has 0 bridgehead atoms. The van der Waals surface area contributed by atoms with Gasteiger partial charge in [-0.3, -0.25) is 14.9 Å². The predicted octanol–water partition coefficient (Wildman–Crippen LogP) is 4.93. The Bertz CT molecular complexity index is 1070. The standard InChI is InChI=1S/C23H24N4O4/c1-16-19(13-8-14-20(16)27(29)30)23(28)26(18-11-6-3-7-12-18)15-21-24-22(25-31-21)17-9-4-2-5-10-17/h2,4-5,8-10,13-14,18H,3,6-7,11-12,15H2,1H3. The van der Waals surface area contributed by atoms with Gasteiger partial charge in [-0.05, 0) is 25.8 Å². The number of hydrogen-bond acceptors (Lipinski definition) is 6. The molecule has 1 fully saturated rings. The van der Waals surface area contributed by atoms with E-state index in [1.54, 1.807) is 24.0 Å². The number of aromatic nitrogens is 2. The van der Waals surface area contributed by atoms with Gasteiger partial charge in [-0.1, -0.05) is 60.8 Å². The van der Waals surface area contributed by atoms with Crippen LogP contribution in [0.25, 0.3) is 11.4 Å². The molecule has 0 radical (unpaired) electrons. The van der Waals surface area contributed by atoms with Crippen molar-refractivity contribution in [3.63, 3.8) is 0 Å². The number of hydrogen-bond donors (Lipinski definition) is 0. The maximum Gasteiger partial charge on any atom is 0.273 e. The summed E-state index contributed by atoms with van der Waals surface area (Å²) < 4.78 is 5.46. The Hall–Kier alpha value is -3.55. The number of nitrogens with zero attached hydrogens (tertiary/aromatic N) is 4. The molecule has 0 N–H and O–H groups in total. The van der Waals surface area contributed by atoms with E-state index in [4.69, 9.17) is 4.52 Å². The Morgan fingerprint density at radius 3 is 2.58 bits per heavy atom. The van der Waals surface area contributed by atoms with Crippen molar-refractivity contribution in [2.24, 2.45) is 0 Å². The Kier molecular flexibility index (Phi) is 6.06. The zero-order valence-electron chi connectivity index (χ0n) is 17.4. The fourth-order valence-electron chi connectivity index (χ4n) is 4.14. The summed E-state index contributed by atoms with van der Waals surface area (Å²) >= 11 is 0. The number of nitro groups is 1. The molecule has 1 saturated carbocycles. The molecule has 0 spiro atoms. The highest BCUT2D eigenvalue weighted by Gasteiger charge is 2.30. The Labute approximate surface area is 180 Å². The van der Waals surface area contributed by atoms with Crippen LogP contribution < -0.4 is 0 Å². The Balaban J connectivity index is 1.64. The lowest BCUT2D eigenvalue weighted by molar-refractivity contribution is -0.385. The predicted molar refractivity (Wildman–Crippen MR) is 114 cm³/mol. The number of carbonyl (C=O) groups is 1. The maximum absolute atomic E-state index is 13.5. The summed E-state index contributed by atoms with van der Waals surface area (Å²) in [5.41, 5.74) is 1.48. The van der Waals surface area contributed by atoms with Gasteiger partial charge in [0.25, 0.3) is 11.6 Å². The molecule has 1 heterocycles. The van der Waals surface area contributed by atoms with Crippen molar-refractivity contribution >= 4 is 11.6 Å². The summed E-state index contributed by atoms with van der Waals surface area (Å²) in [7, 11) is 0. The molecule has 2 aromatic carbocycles. The lowest BCUT2D eigenvalue weighted by Gasteiger charge is -2.33. The summed E-state index contributed by atoms with van der Waals surface area (Å²) in [6.07, 6.45) is 5.01. The monoisotopic (exact) mass is 420 g/mol. The first kappa shape index (κ1) is 20.7. The number of carbonyl (C=O) groups excluding carboxylic acids is 1. The molecule has 31 heavy (non-hydrogen) atoms. The van der Waals surface area contributed by atoms with E-state index in [0.29, 0.717) is 22.8 Å². The third-order valence-electron chi connectivity index (χ3n) is 5.81. The Morgan fingerprint density at radius 2 is 1.87 bits per heavy atom. The van der Waals surface area contributed by atoms with Gasteiger partial charge >= 0.3 is 0 Å². The minimum absolute atomic E-state index is 0.0342. The van der Waals surface area contributed by atoms with Crippen molar-refractivity contribution in [1.82, 2.24) is 15.0 Å². The summed E-state index contributed by atoms with van der Waals surface area (Å²) in [6.45, 7) is 1.79. The van der Waals surface area contributed by atoms with Crippen LogP contribution in [0.5, 0.6) is 0 Å². The highest BCUT2D eigenvalue weighted by atomic mass is 16.6. The van der Waals surface area contributed by atoms with Gasteiger partial charge in [0.1, 0.15) is 6.54 Å². The first-order chi connectivity index (χ1) is 15.0. The van der Waals surface area contributed by atoms with E-state index < -0.39 is 4.92 Å². The summed E-state index contributed by atoms with van der Waals surface area (Å²) in [5.74, 6) is 0.576. The van der Waals surface area contributed by atoms with Gasteiger partial charge < -0.3 is 9.42 Å². The molecule has 3 aromatic rings. The zero-order chi connectivity index (χ0) is 21.8. The number of benzene rings is 2. The molecule has 8 heteroatoms. The average molecular weight is 420 g/mol. The van der Waals surface area contributed by atoms with Crippen LogP contribution in [0.2, 0.25) is 0 Å². The van der Waals surface area contributed by atoms with Gasteiger partial charge in [0, 0.05) is 28.8 Å². The van der Waals surface area contributed by atoms with E-state index in [0.717, 1.165) is 37.7 Å². The third kappa shape index (κ3) is 4.47. The summed E-state index contributed by atoms with van der Waals surface area (Å²) in [6, 6.07) is 14.1. The van der Waals surface area contributed by atoms with Gasteiger partial charge in [-0.25, -0.2) is 0 Å². The molecule has 1 aliphatic rings. The van der Waals surface area contributed by atoms with Crippen LogP contribution >= 0.6 is 0 Å². The molecule has 8 nitrogen and oxygen atoms in total. The number of nitro benzene ring substituents is 1. The Morgan fingerprint density at radius 1 is 1.13 bits per heavy atom. The van der Waals surface area contributed by atoms with Gasteiger partial charge in [-0.2, -0.15) is 4.98 Å². The smallest absolute Gasteiger partial charge is 0.273 e. The summed E-state index contributed by atoms with van der Waals surface area (Å²) in [4.78, 5) is 30.6. The van der Waals surface area contributed by atoms with Gasteiger partial charge in [0.15, 0.2) is 0 Å². The molecule has 1 amide bonds. The first-order valence-corrected chi connectivity index (χ1v) is 10.5. The second-order valence-electron chi connectivity index (χ2n) is 7.81. The third-order valence-corrected chi connectivity index (χ3v) is 5.81. The van der Waals surface area contributed by atoms with Gasteiger partial charge in [0.05, 0.1) is 4.92 Å². The topological polar surface area (TPSA) is 102 Å². The molecule has 0 saturated heterocycles. The van der Waals surface area contributed by atoms with E-state index in [9.17, 15) is 14.9 Å². The molecule has 160 valence electrons. The molecule has 0 atom stereocenters. The van der Waals surface area contributed by atoms with Gasteiger partial charge in [-0.15, -0.1) is 0 Å². The van der Waals surface area contributed by atoms with Crippen LogP contribution in [0.15, 0.2) is 53.1 Å². The number of amides is 1. The van der Waals surface area contributed by atoms with Crippen molar-refractivity contribution < 1.29 is 14.2 Å². The van der Waals surface area contributed by atoms with Crippen molar-refractivity contribution in [3.8, 4) is 11.4 Å². The van der Waals surface area contributed by atoms with Crippen LogP contribution in [0.1, 0.15) is 53.9 Å². The van der Waals surface area contributed by atoms with Crippen LogP contribution in [0, 0.1) is 17.0 Å². The lowest BCUT2D eigenvalue weighted by Crippen LogP contribution is -2.41. The second-order valence-corrected chi connectivity index (χ2v) is 7.81. The molecule has 0 unspecified atom stereocenters. The van der Waals surface area contributed by atoms with Crippen molar-refractivity contribution in [2.45, 2.75) is 51.6 Å². The fraction of sp³-hybridized carbons (Fsp3) is 0.348. The molecule has 1 aromatic heterocycles. The quantitative estimate of drug-likeness (QED) is 0.414. The lowest BCUT2D eigenvalue weighted by atomic mass is 9.93. The van der Waals surface area contributed by atoms with E-state index in [1.807, 2.05) is 30.3 Å². The minimum Gasteiger partial charge on any atom is -0.337 e. The van der Waals surface area contributed by atoms with Crippen molar-refractivity contribution in [2.75, 3.05) is 0 Å². The van der Waals surface area contributed by atoms with E-state index in [2.05, 4.69) is 10.1 Å². The van der Waals surface area contributed by atoms with Gasteiger partial charge in [0.2, 0.25) is 11.7 Å². The fourth-order valence-corrected chi connectivity index (χ4v) is 4.14. The van der Waals surface area contributed by atoms with Crippen LogP contribution in [0.3, 0.4) is 0 Å². The van der Waals surface area contributed by atoms with E-state index in [1.165, 1.54) is 6.07 Å². The molecule has 4 rings (SSSR count). The number of rotatable bonds is 6.